The molecule has 0 radical (unpaired) electrons. The molecule has 0 bridgehead atoms. The van der Waals surface area contributed by atoms with Crippen LogP contribution in [0.4, 0.5) is 5.69 Å². The van der Waals surface area contributed by atoms with E-state index in [2.05, 4.69) is 28.8 Å². The topological polar surface area (TPSA) is 50.4 Å². The third-order valence-corrected chi connectivity index (χ3v) is 4.05. The lowest BCUT2D eigenvalue weighted by Crippen LogP contribution is -2.16. The molecule has 0 atom stereocenters. The third kappa shape index (κ3) is 3.90. The third-order valence-electron chi connectivity index (χ3n) is 4.05. The Bertz CT molecular complexity index is 725. The number of fused-ring (bicyclic) bond motifs is 1. The Morgan fingerprint density at radius 3 is 2.96 bits per heavy atom. The Kier molecular flexibility index (Phi) is 4.63. The lowest BCUT2D eigenvalue weighted by atomic mass is 10.0. The maximum absolute atomic E-state index is 12.3. The number of benzene rings is 2. The second kappa shape index (κ2) is 6.84. The van der Waals surface area contributed by atoms with Gasteiger partial charge in [-0.2, -0.15) is 0 Å². The van der Waals surface area contributed by atoms with Gasteiger partial charge in [0, 0.05) is 24.3 Å². The van der Waals surface area contributed by atoms with E-state index in [1.807, 2.05) is 32.0 Å². The highest BCUT2D eigenvalue weighted by Crippen LogP contribution is 2.24. The van der Waals surface area contributed by atoms with Gasteiger partial charge in [0.1, 0.15) is 12.4 Å². The Labute approximate surface area is 136 Å². The smallest absolute Gasteiger partial charge is 0.228 e. The molecule has 0 saturated heterocycles. The highest BCUT2D eigenvalue weighted by Gasteiger charge is 2.11. The first kappa shape index (κ1) is 15.6. The molecule has 1 aliphatic rings. The van der Waals surface area contributed by atoms with Gasteiger partial charge < -0.3 is 15.4 Å². The van der Waals surface area contributed by atoms with E-state index >= 15 is 0 Å². The Morgan fingerprint density at radius 2 is 2.09 bits per heavy atom. The summed E-state index contributed by atoms with van der Waals surface area (Å²) in [7, 11) is 0. The minimum atomic E-state index is 0.00106. The number of anilines is 1. The standard InChI is InChI=1S/C19H22N2O2/c1-13-3-4-14(2)15(9-13)11-19(22)21-17-5-6-18-16(10-17)12-20-7-8-23-18/h3-6,9-10,20H,7-8,11-12H2,1-2H3,(H,21,22). The predicted octanol–water partition coefficient (Wildman–Crippen LogP) is 2.97. The van der Waals surface area contributed by atoms with Crippen LogP contribution in [0.2, 0.25) is 0 Å². The van der Waals surface area contributed by atoms with Crippen molar-refractivity contribution in [2.24, 2.45) is 0 Å². The van der Waals surface area contributed by atoms with Crippen LogP contribution in [-0.2, 0) is 17.8 Å². The van der Waals surface area contributed by atoms with Gasteiger partial charge in [0.2, 0.25) is 5.91 Å². The molecule has 0 unspecified atom stereocenters. The van der Waals surface area contributed by atoms with Gasteiger partial charge >= 0.3 is 0 Å². The van der Waals surface area contributed by atoms with E-state index in [0.717, 1.165) is 41.2 Å². The number of rotatable bonds is 3. The number of carbonyl (C=O) groups is 1. The van der Waals surface area contributed by atoms with E-state index in [0.29, 0.717) is 13.0 Å². The van der Waals surface area contributed by atoms with Gasteiger partial charge in [0.25, 0.3) is 0 Å². The van der Waals surface area contributed by atoms with Crippen LogP contribution in [0, 0.1) is 13.8 Å². The average Bonchev–Trinajstić information content (AvgIpc) is 2.75. The van der Waals surface area contributed by atoms with Gasteiger partial charge in [0.05, 0.1) is 6.42 Å². The summed E-state index contributed by atoms with van der Waals surface area (Å²) in [4.78, 5) is 12.3. The van der Waals surface area contributed by atoms with E-state index < -0.39 is 0 Å². The van der Waals surface area contributed by atoms with Crippen LogP contribution < -0.4 is 15.4 Å². The van der Waals surface area contributed by atoms with E-state index in [4.69, 9.17) is 4.74 Å². The van der Waals surface area contributed by atoms with Gasteiger partial charge in [-0.25, -0.2) is 0 Å². The monoisotopic (exact) mass is 310 g/mol. The first-order valence-corrected chi connectivity index (χ1v) is 7.94. The van der Waals surface area contributed by atoms with Gasteiger partial charge in [-0.05, 0) is 43.2 Å². The molecular weight excluding hydrogens is 288 g/mol. The minimum absolute atomic E-state index is 0.00106. The van der Waals surface area contributed by atoms with E-state index in [1.165, 1.54) is 5.56 Å². The summed E-state index contributed by atoms with van der Waals surface area (Å²) in [6, 6.07) is 12.0. The molecule has 1 amide bonds. The average molecular weight is 310 g/mol. The molecule has 1 heterocycles. The molecule has 0 aliphatic carbocycles. The van der Waals surface area contributed by atoms with Crippen LogP contribution >= 0.6 is 0 Å². The van der Waals surface area contributed by atoms with Gasteiger partial charge in [-0.1, -0.05) is 23.8 Å². The largest absolute Gasteiger partial charge is 0.492 e. The summed E-state index contributed by atoms with van der Waals surface area (Å²) in [5.41, 5.74) is 5.28. The number of amides is 1. The molecule has 3 rings (SSSR count). The van der Waals surface area contributed by atoms with Crippen molar-refractivity contribution >= 4 is 11.6 Å². The molecular formula is C19H22N2O2. The summed E-state index contributed by atoms with van der Waals surface area (Å²) in [6.45, 7) is 6.35. The number of aryl methyl sites for hydroxylation is 2. The van der Waals surface area contributed by atoms with Crippen molar-refractivity contribution in [2.75, 3.05) is 18.5 Å². The molecule has 0 fully saturated rings. The molecule has 1 aliphatic heterocycles. The van der Waals surface area contributed by atoms with Gasteiger partial charge in [-0.3, -0.25) is 4.79 Å². The number of hydrogen-bond donors (Lipinski definition) is 2. The fourth-order valence-corrected chi connectivity index (χ4v) is 2.76. The molecule has 23 heavy (non-hydrogen) atoms. The summed E-state index contributed by atoms with van der Waals surface area (Å²) in [5.74, 6) is 0.892. The number of ether oxygens (including phenoxy) is 1. The first-order chi connectivity index (χ1) is 11.1. The number of carbonyl (C=O) groups excluding carboxylic acids is 1. The lowest BCUT2D eigenvalue weighted by Gasteiger charge is -2.11. The maximum atomic E-state index is 12.3. The maximum Gasteiger partial charge on any atom is 0.228 e. The zero-order valence-corrected chi connectivity index (χ0v) is 13.6. The second-order valence-electron chi connectivity index (χ2n) is 6.00. The van der Waals surface area contributed by atoms with Crippen molar-refractivity contribution in [3.05, 3.63) is 58.7 Å². The van der Waals surface area contributed by atoms with E-state index in [9.17, 15) is 4.79 Å². The molecule has 4 heteroatoms. The molecule has 0 aromatic heterocycles. The molecule has 4 nitrogen and oxygen atoms in total. The van der Waals surface area contributed by atoms with Crippen LogP contribution in [0.5, 0.6) is 5.75 Å². The Hall–Kier alpha value is -2.33. The quantitative estimate of drug-likeness (QED) is 0.916. The van der Waals surface area contributed by atoms with Gasteiger partial charge in [0.15, 0.2) is 0 Å². The van der Waals surface area contributed by atoms with Crippen molar-refractivity contribution in [3.8, 4) is 5.75 Å². The molecule has 2 N–H and O–H groups in total. The van der Waals surface area contributed by atoms with Crippen molar-refractivity contribution in [2.45, 2.75) is 26.8 Å². The predicted molar refractivity (Wildman–Crippen MR) is 91.9 cm³/mol. The zero-order chi connectivity index (χ0) is 16.2. The molecule has 2 aromatic carbocycles. The normalized spacial score (nSPS) is 13.7. The highest BCUT2D eigenvalue weighted by atomic mass is 16.5. The highest BCUT2D eigenvalue weighted by molar-refractivity contribution is 5.92. The Morgan fingerprint density at radius 1 is 1.22 bits per heavy atom. The fraction of sp³-hybridized carbons (Fsp3) is 0.316. The van der Waals surface area contributed by atoms with Crippen molar-refractivity contribution in [3.63, 3.8) is 0 Å². The first-order valence-electron chi connectivity index (χ1n) is 7.94. The Balaban J connectivity index is 1.70. The zero-order valence-electron chi connectivity index (χ0n) is 13.6. The van der Waals surface area contributed by atoms with Crippen LogP contribution in [-0.4, -0.2) is 19.1 Å². The number of hydrogen-bond acceptors (Lipinski definition) is 3. The summed E-state index contributed by atoms with van der Waals surface area (Å²) >= 11 is 0. The molecule has 0 saturated carbocycles. The summed E-state index contributed by atoms with van der Waals surface area (Å²) in [5, 5.41) is 6.29. The second-order valence-corrected chi connectivity index (χ2v) is 6.00. The summed E-state index contributed by atoms with van der Waals surface area (Å²) in [6.07, 6.45) is 0.388. The van der Waals surface area contributed by atoms with Crippen LogP contribution in [0.3, 0.4) is 0 Å². The SMILES string of the molecule is Cc1ccc(C)c(CC(=O)Nc2ccc3c(c2)CNCCO3)c1. The molecule has 120 valence electrons. The van der Waals surface area contributed by atoms with Crippen molar-refractivity contribution < 1.29 is 9.53 Å². The summed E-state index contributed by atoms with van der Waals surface area (Å²) < 4.78 is 5.66. The van der Waals surface area contributed by atoms with Crippen LogP contribution in [0.1, 0.15) is 22.3 Å². The van der Waals surface area contributed by atoms with E-state index in [1.54, 1.807) is 0 Å². The molecule has 0 spiro atoms. The minimum Gasteiger partial charge on any atom is -0.492 e. The van der Waals surface area contributed by atoms with Gasteiger partial charge in [-0.15, -0.1) is 0 Å². The molecule has 2 aromatic rings. The fourth-order valence-electron chi connectivity index (χ4n) is 2.76. The van der Waals surface area contributed by atoms with Crippen LogP contribution in [0.15, 0.2) is 36.4 Å². The van der Waals surface area contributed by atoms with Crippen LogP contribution in [0.25, 0.3) is 0 Å². The number of nitrogens with one attached hydrogen (secondary N) is 2. The van der Waals surface area contributed by atoms with E-state index in [-0.39, 0.29) is 5.91 Å². The lowest BCUT2D eigenvalue weighted by molar-refractivity contribution is -0.115. The van der Waals surface area contributed by atoms with Crippen molar-refractivity contribution in [1.82, 2.24) is 5.32 Å². The van der Waals surface area contributed by atoms with Crippen molar-refractivity contribution in [1.29, 1.82) is 0 Å².